The maximum Gasteiger partial charge on any atom is 0.410 e. The molecule has 4 heterocycles. The van der Waals surface area contributed by atoms with Crippen molar-refractivity contribution in [3.63, 3.8) is 0 Å². The summed E-state index contributed by atoms with van der Waals surface area (Å²) in [5.41, 5.74) is 3.76. The van der Waals surface area contributed by atoms with Crippen LogP contribution in [-0.2, 0) is 17.8 Å². The first-order valence-electron chi connectivity index (χ1n) is 17.8. The molecule has 0 spiro atoms. The number of nitrogens with one attached hydrogen (secondary N) is 2. The van der Waals surface area contributed by atoms with E-state index < -0.39 is 17.7 Å². The van der Waals surface area contributed by atoms with Gasteiger partial charge in [0, 0.05) is 79.0 Å². The molecule has 5 aromatic rings. The Hall–Kier alpha value is -6.31. The van der Waals surface area contributed by atoms with E-state index in [4.69, 9.17) is 28.7 Å². The van der Waals surface area contributed by atoms with Gasteiger partial charge in [0.2, 0.25) is 0 Å². The number of hydrogen-bond acceptors (Lipinski definition) is 11. The molecule has 2 aromatic carbocycles. The summed E-state index contributed by atoms with van der Waals surface area (Å²) in [5, 5.41) is 7.33. The van der Waals surface area contributed by atoms with Crippen molar-refractivity contribution in [3.8, 4) is 34.3 Å². The summed E-state index contributed by atoms with van der Waals surface area (Å²) >= 11 is 0. The highest BCUT2D eigenvalue weighted by molar-refractivity contribution is 5.98. The summed E-state index contributed by atoms with van der Waals surface area (Å²) in [7, 11) is 6.49. The van der Waals surface area contributed by atoms with Crippen molar-refractivity contribution in [2.75, 3.05) is 51.7 Å². The lowest BCUT2D eigenvalue weighted by Crippen LogP contribution is -2.62. The van der Waals surface area contributed by atoms with Crippen LogP contribution in [0.3, 0.4) is 0 Å². The maximum absolute atomic E-state index is 13.1. The Morgan fingerprint density at radius 3 is 2.05 bits per heavy atom. The van der Waals surface area contributed by atoms with Crippen molar-refractivity contribution in [2.24, 2.45) is 0 Å². The van der Waals surface area contributed by atoms with Crippen LogP contribution in [0, 0.1) is 6.92 Å². The quantitative estimate of drug-likeness (QED) is 0.136. The third-order valence-corrected chi connectivity index (χ3v) is 9.13. The standard InChI is InChI=1S/C41H47N7O7/c1-25-13-14-42-19-32(25)34-15-28-16-37(46-39(49)44-29-23-48(24-29)40(50)55-41(2,3)4)43-20-33(28)38(45-34)47(21-26-9-11-30(51-5)17-35(26)53-7)22-27-10-12-31(52-6)18-36(27)54-8/h9-20,29H,21-24H2,1-8H3,(H2,43,44,46,49). The second-order valence-corrected chi connectivity index (χ2v) is 14.2. The first kappa shape index (κ1) is 38.4. The summed E-state index contributed by atoms with van der Waals surface area (Å²) in [6, 6.07) is 16.5. The SMILES string of the molecule is COc1ccc(CN(Cc2ccc(OC)cc2OC)c2nc(-c3cnccc3C)cc3cc(NC(=O)NC4CN(C(=O)OC(C)(C)C)C4)ncc23)c(OC)c1. The van der Waals surface area contributed by atoms with E-state index in [1.54, 1.807) is 51.9 Å². The van der Waals surface area contributed by atoms with Crippen LogP contribution in [0.4, 0.5) is 21.2 Å². The zero-order chi connectivity index (χ0) is 39.3. The number of rotatable bonds is 12. The van der Waals surface area contributed by atoms with Gasteiger partial charge in [0.15, 0.2) is 0 Å². The fraction of sp³-hybridized carbons (Fsp3) is 0.341. The Labute approximate surface area is 320 Å². The van der Waals surface area contributed by atoms with Crippen LogP contribution in [0.15, 0.2) is 73.2 Å². The predicted molar refractivity (Wildman–Crippen MR) is 210 cm³/mol. The number of hydrogen-bond donors (Lipinski definition) is 2. The van der Waals surface area contributed by atoms with E-state index in [0.717, 1.165) is 33.0 Å². The number of likely N-dealkylation sites (tertiary alicyclic amines) is 1. The number of ether oxygens (including phenoxy) is 5. The van der Waals surface area contributed by atoms with Crippen molar-refractivity contribution in [2.45, 2.75) is 52.4 Å². The van der Waals surface area contributed by atoms with E-state index in [2.05, 4.69) is 25.5 Å². The molecule has 0 radical (unpaired) electrons. The normalized spacial score (nSPS) is 12.8. The van der Waals surface area contributed by atoms with E-state index in [-0.39, 0.29) is 6.04 Å². The van der Waals surface area contributed by atoms with Gasteiger partial charge in [-0.25, -0.2) is 19.6 Å². The molecule has 0 atom stereocenters. The summed E-state index contributed by atoms with van der Waals surface area (Å²) in [6.07, 6.45) is 4.85. The molecule has 55 heavy (non-hydrogen) atoms. The lowest BCUT2D eigenvalue weighted by molar-refractivity contribution is 0.00649. The lowest BCUT2D eigenvalue weighted by atomic mass is 10.0. The second-order valence-electron chi connectivity index (χ2n) is 14.2. The van der Waals surface area contributed by atoms with Gasteiger partial charge >= 0.3 is 12.1 Å². The number of pyridine rings is 3. The zero-order valence-electron chi connectivity index (χ0n) is 32.4. The highest BCUT2D eigenvalue weighted by Gasteiger charge is 2.34. The molecule has 2 N–H and O–H groups in total. The van der Waals surface area contributed by atoms with Crippen LogP contribution >= 0.6 is 0 Å². The van der Waals surface area contributed by atoms with E-state index in [1.807, 2.05) is 82.3 Å². The number of aromatic nitrogens is 3. The van der Waals surface area contributed by atoms with E-state index in [0.29, 0.717) is 66.5 Å². The first-order valence-corrected chi connectivity index (χ1v) is 17.8. The topological polar surface area (TPSA) is 150 Å². The minimum atomic E-state index is -0.595. The molecular formula is C41H47N7O7. The van der Waals surface area contributed by atoms with Gasteiger partial charge in [-0.1, -0.05) is 0 Å². The zero-order valence-corrected chi connectivity index (χ0v) is 32.4. The molecule has 14 heteroatoms. The molecule has 14 nitrogen and oxygen atoms in total. The van der Waals surface area contributed by atoms with Gasteiger partial charge in [0.05, 0.1) is 40.2 Å². The molecule has 1 saturated heterocycles. The average Bonchev–Trinajstić information content (AvgIpc) is 3.14. The molecule has 1 aliphatic heterocycles. The molecule has 0 unspecified atom stereocenters. The summed E-state index contributed by atoms with van der Waals surface area (Å²) in [6.45, 7) is 8.95. The largest absolute Gasteiger partial charge is 0.497 e. The van der Waals surface area contributed by atoms with Gasteiger partial charge in [-0.2, -0.15) is 0 Å². The van der Waals surface area contributed by atoms with Gasteiger partial charge in [-0.3, -0.25) is 10.3 Å². The van der Waals surface area contributed by atoms with Gasteiger partial charge in [0.1, 0.15) is 40.2 Å². The number of anilines is 2. The van der Waals surface area contributed by atoms with E-state index in [9.17, 15) is 9.59 Å². The number of methoxy groups -OCH3 is 4. The Balaban J connectivity index is 1.37. The summed E-state index contributed by atoms with van der Waals surface area (Å²) in [5.74, 6) is 3.66. The number of benzene rings is 2. The number of fused-ring (bicyclic) bond motifs is 1. The molecule has 3 amide bonds. The van der Waals surface area contributed by atoms with Gasteiger partial charge < -0.3 is 38.8 Å². The predicted octanol–water partition coefficient (Wildman–Crippen LogP) is 6.98. The highest BCUT2D eigenvalue weighted by Crippen LogP contribution is 2.36. The van der Waals surface area contributed by atoms with Gasteiger partial charge in [-0.15, -0.1) is 0 Å². The van der Waals surface area contributed by atoms with Crippen molar-refractivity contribution in [3.05, 3.63) is 89.9 Å². The number of carbonyl (C=O) groups excluding carboxylic acids is 2. The fourth-order valence-electron chi connectivity index (χ4n) is 6.28. The monoisotopic (exact) mass is 749 g/mol. The Morgan fingerprint density at radius 1 is 0.855 bits per heavy atom. The van der Waals surface area contributed by atoms with Crippen LogP contribution in [-0.4, -0.2) is 85.1 Å². The Kier molecular flexibility index (Phi) is 11.4. The molecule has 0 saturated carbocycles. The maximum atomic E-state index is 13.1. The van der Waals surface area contributed by atoms with Crippen LogP contribution in [0.25, 0.3) is 22.0 Å². The smallest absolute Gasteiger partial charge is 0.410 e. The fourth-order valence-corrected chi connectivity index (χ4v) is 6.28. The second kappa shape index (κ2) is 16.4. The van der Waals surface area contributed by atoms with Gasteiger partial charge in [0.25, 0.3) is 0 Å². The number of urea groups is 1. The third-order valence-electron chi connectivity index (χ3n) is 9.13. The number of nitrogens with zero attached hydrogens (tertiary/aromatic N) is 5. The van der Waals surface area contributed by atoms with Gasteiger partial charge in [-0.05, 0) is 81.1 Å². The van der Waals surface area contributed by atoms with E-state index in [1.165, 1.54) is 0 Å². The Morgan fingerprint density at radius 2 is 1.49 bits per heavy atom. The Bertz CT molecular complexity index is 2130. The van der Waals surface area contributed by atoms with Crippen LogP contribution < -0.4 is 34.5 Å². The molecule has 0 bridgehead atoms. The number of carbonyl (C=O) groups is 2. The number of amides is 3. The number of aryl methyl sites for hydroxylation is 1. The van der Waals surface area contributed by atoms with Crippen LogP contribution in [0.1, 0.15) is 37.5 Å². The van der Waals surface area contributed by atoms with Crippen molar-refractivity contribution in [1.29, 1.82) is 0 Å². The molecule has 1 fully saturated rings. The third kappa shape index (κ3) is 9.08. The van der Waals surface area contributed by atoms with Crippen molar-refractivity contribution in [1.82, 2.24) is 25.2 Å². The van der Waals surface area contributed by atoms with Crippen molar-refractivity contribution >= 4 is 34.5 Å². The minimum Gasteiger partial charge on any atom is -0.497 e. The molecular weight excluding hydrogens is 702 g/mol. The summed E-state index contributed by atoms with van der Waals surface area (Å²) < 4.78 is 28.0. The van der Waals surface area contributed by atoms with Crippen molar-refractivity contribution < 1.29 is 33.3 Å². The molecule has 3 aromatic heterocycles. The average molecular weight is 750 g/mol. The van der Waals surface area contributed by atoms with Crippen LogP contribution in [0.5, 0.6) is 23.0 Å². The summed E-state index contributed by atoms with van der Waals surface area (Å²) in [4.78, 5) is 43.5. The molecule has 6 rings (SSSR count). The van der Waals surface area contributed by atoms with Crippen LogP contribution in [0.2, 0.25) is 0 Å². The minimum absolute atomic E-state index is 0.220. The molecule has 1 aliphatic rings. The lowest BCUT2D eigenvalue weighted by Gasteiger charge is -2.39. The molecule has 0 aliphatic carbocycles. The molecule has 288 valence electrons. The van der Waals surface area contributed by atoms with E-state index >= 15 is 0 Å². The highest BCUT2D eigenvalue weighted by atomic mass is 16.6. The first-order chi connectivity index (χ1) is 26.4.